The van der Waals surface area contributed by atoms with Crippen LogP contribution in [0.5, 0.6) is 0 Å². The maximum Gasteiger partial charge on any atom is 0.424 e. The van der Waals surface area contributed by atoms with E-state index in [1.54, 1.807) is 65.8 Å². The third-order valence-electron chi connectivity index (χ3n) is 24.0. The molecule has 694 valence electrons. The number of aliphatic hydroxyl groups excluding tert-OH is 1. The number of carbonyl (C=O) groups excluding carboxylic acids is 5. The van der Waals surface area contributed by atoms with E-state index in [1.165, 1.54) is 76.3 Å². The monoisotopic (exact) mass is 2000 g/mol. The summed E-state index contributed by atoms with van der Waals surface area (Å²) >= 11 is 20.2. The second-order valence-electron chi connectivity index (χ2n) is 37.4. The average molecular weight is 2010 g/mol. The highest BCUT2D eigenvalue weighted by Crippen LogP contribution is 2.42. The molecule has 6 aliphatic rings. The van der Waals surface area contributed by atoms with Gasteiger partial charge >= 0.3 is 12.2 Å². The number of ether oxygens (including phenoxy) is 4. The minimum Gasteiger partial charge on any atom is -0.512 e. The third kappa shape index (κ3) is 26.8. The number of Topliss-reactive ketones (excluding diaryl/α,β-unsaturated/α-hetero) is 3. The van der Waals surface area contributed by atoms with Gasteiger partial charge in [0.05, 0.1) is 45.7 Å². The first-order valence-electron chi connectivity index (χ1n) is 45.0. The lowest BCUT2D eigenvalue weighted by Gasteiger charge is -2.36. The second-order valence-corrected chi connectivity index (χ2v) is 45.1. The van der Waals surface area contributed by atoms with Crippen molar-refractivity contribution in [3.05, 3.63) is 334 Å². The first-order chi connectivity index (χ1) is 62.2. The Morgan fingerprint density at radius 3 is 1.25 bits per heavy atom. The van der Waals surface area contributed by atoms with Gasteiger partial charge in [-0.3, -0.25) is 14.4 Å². The molecule has 6 aliphatic carbocycles. The van der Waals surface area contributed by atoms with Crippen LogP contribution >= 0.6 is 57.4 Å². The normalized spacial score (nSPS) is 18.0. The number of ketones is 3. The summed E-state index contributed by atoms with van der Waals surface area (Å²) in [5.74, 6) is 2.90. The molecule has 0 saturated carbocycles. The van der Waals surface area contributed by atoms with E-state index in [-0.39, 0.29) is 56.4 Å². The van der Waals surface area contributed by atoms with Crippen molar-refractivity contribution >= 4 is 117 Å². The number of fused-ring (bicyclic) bond motifs is 3. The number of hydrogen-bond donors (Lipinski definition) is 1. The highest BCUT2D eigenvalue weighted by Gasteiger charge is 2.44. The summed E-state index contributed by atoms with van der Waals surface area (Å²) in [6.07, 6.45) is 8.77. The highest BCUT2D eigenvalue weighted by molar-refractivity contribution is 14.1. The molecule has 5 atom stereocenters. The number of nitrogens with zero attached hydrogens (tertiary/aromatic N) is 2. The minimum atomic E-state index is -4.24. The van der Waals surface area contributed by atoms with Gasteiger partial charge in [-0.2, -0.15) is 8.61 Å². The zero-order chi connectivity index (χ0) is 94.3. The Labute approximate surface area is 802 Å². The van der Waals surface area contributed by atoms with Crippen LogP contribution in [-0.4, -0.2) is 111 Å². The fourth-order valence-electron chi connectivity index (χ4n) is 17.8. The zero-order valence-corrected chi connectivity index (χ0v) is 83.0. The Bertz CT molecular complexity index is 6040. The number of halogens is 4. The Morgan fingerprint density at radius 1 is 0.427 bits per heavy atom. The van der Waals surface area contributed by atoms with Crippen molar-refractivity contribution < 1.29 is 73.3 Å². The van der Waals surface area contributed by atoms with Crippen LogP contribution in [0.25, 0.3) is 0 Å². The lowest BCUT2D eigenvalue weighted by atomic mass is 9.80. The van der Waals surface area contributed by atoms with Gasteiger partial charge in [0.1, 0.15) is 28.5 Å². The van der Waals surface area contributed by atoms with Gasteiger partial charge in [0.25, 0.3) is 20.0 Å². The standard InChI is InChI=1S/C38H44ClNO6S.C30H29ClO4S.C22H25ClINO4S.C16H20O2/c1-25(2)24-45-35-23-29(36(41)34(35)20-26-10-7-6-8-11-26)21-27-12-9-13-28-22-31(16-19-33(27)28)40(37(42)46-38(3,4)5)47(43,44)32-17-14-30(39)15-18-32;31-25-10-12-26(13-11-25)36(34,35)19-21-9-14-27-22(15-21)7-4-8-23(27)17-24-18-29(32)28(30(24)33)16-20-5-2-1-3-6-20;1-22(2,3)29-21(26)25(30(27,28)19-10-7-17(23)8-11-19)18-9-12-20-15(13-18)5-4-6-16(20)14-24;1-12(2)11-18-16-9-8-15(17)14(16)10-13-6-4-3-5-7-13/h6-15,17-18,25,29,31H,16,19-24H2,1-5H3;1-8,10-13,21,24,33H,9,14-19H2;4-8,10-11,18H,9,12-14H2,1-3H3;3-7,12H,8-11H2,1-2H3. The molecular weight excluding hydrogens is 1890 g/mol. The van der Waals surface area contributed by atoms with Crippen LogP contribution < -0.4 is 0 Å². The summed E-state index contributed by atoms with van der Waals surface area (Å²) in [5, 5.41) is 12.3. The Kier molecular flexibility index (Phi) is 34.3. The number of allylic oxidation sites excluding steroid dienone is 6. The van der Waals surface area contributed by atoms with Crippen molar-refractivity contribution in [1.82, 2.24) is 8.61 Å². The molecule has 1 N–H and O–H groups in total. The van der Waals surface area contributed by atoms with Crippen molar-refractivity contribution in [3.8, 4) is 0 Å². The molecule has 0 radical (unpaired) electrons. The molecule has 0 aromatic heterocycles. The van der Waals surface area contributed by atoms with Gasteiger partial charge in [0.15, 0.2) is 27.2 Å². The van der Waals surface area contributed by atoms with Crippen LogP contribution in [0.3, 0.4) is 0 Å². The van der Waals surface area contributed by atoms with Crippen LogP contribution in [0.2, 0.25) is 15.1 Å². The van der Waals surface area contributed by atoms with Gasteiger partial charge in [0, 0.05) is 93.0 Å². The maximum atomic E-state index is 13.9. The molecule has 0 aliphatic heterocycles. The third-order valence-corrected chi connectivity index (χ3v) is 31.2. The Morgan fingerprint density at radius 2 is 0.817 bits per heavy atom. The van der Waals surface area contributed by atoms with E-state index >= 15 is 0 Å². The topological polar surface area (TPSA) is 251 Å². The number of carbonyl (C=O) groups is 5. The van der Waals surface area contributed by atoms with Crippen LogP contribution in [0.1, 0.15) is 181 Å². The van der Waals surface area contributed by atoms with Crippen LogP contribution in [0, 0.1) is 29.6 Å². The molecule has 0 saturated heterocycles. The SMILES string of the molecule is CC(C)(C)OC(=O)N(C1CCc2c(CI)cccc2C1)S(=O)(=O)c1ccc(Cl)cc1.CC(C)COC1=C(Cc2ccccc2)C(=O)C(Cc2cccc3c2CCC(N(C(=O)OC(C)(C)C)S(=O)(=O)c2ccc(Cl)cc2)C3)C1.CC(C)COC1=C(Cc2ccccc2)C(=O)CC1.O=C1CC(Cc2cccc3c2CCC(CS(=O)(=O)c2ccc(Cl)cc2)C3)C(O)=C1Cc1ccccc1. The average Bonchev–Trinajstić information content (AvgIpc) is 1.01. The number of hydrogen-bond acceptors (Lipinski definition) is 16. The molecule has 5 unspecified atom stereocenters. The predicted molar refractivity (Wildman–Crippen MR) is 525 cm³/mol. The smallest absolute Gasteiger partial charge is 0.424 e. The summed E-state index contributed by atoms with van der Waals surface area (Å²) in [5.41, 5.74) is 14.1. The van der Waals surface area contributed by atoms with E-state index in [2.05, 4.69) is 86.7 Å². The lowest BCUT2D eigenvalue weighted by Crippen LogP contribution is -2.49. The fraction of sp³-hybridized carbons (Fsp3) is 0.387. The summed E-state index contributed by atoms with van der Waals surface area (Å²) in [7, 11) is -11.7. The number of benzene rings is 9. The van der Waals surface area contributed by atoms with Gasteiger partial charge in [-0.15, -0.1) is 0 Å². The number of aliphatic hydroxyl groups is 1. The highest BCUT2D eigenvalue weighted by atomic mass is 127. The number of amides is 2. The Hall–Kier alpha value is -9.40. The molecule has 9 aromatic carbocycles. The van der Waals surface area contributed by atoms with E-state index in [1.807, 2.05) is 109 Å². The molecule has 0 spiro atoms. The first kappa shape index (κ1) is 101. The molecule has 15 rings (SSSR count). The molecule has 2 amide bonds. The van der Waals surface area contributed by atoms with Crippen LogP contribution in [-0.2, 0) is 138 Å². The molecule has 0 fully saturated rings. The van der Waals surface area contributed by atoms with Crippen molar-refractivity contribution in [2.45, 2.75) is 227 Å². The van der Waals surface area contributed by atoms with Gasteiger partial charge in [-0.1, -0.05) is 231 Å². The van der Waals surface area contributed by atoms with Gasteiger partial charge in [-0.05, 0) is 269 Å². The second kappa shape index (κ2) is 44.6. The number of sulfone groups is 1. The molecule has 0 heterocycles. The van der Waals surface area contributed by atoms with Crippen LogP contribution in [0.15, 0.2) is 267 Å². The van der Waals surface area contributed by atoms with Crippen LogP contribution in [0.4, 0.5) is 9.59 Å². The van der Waals surface area contributed by atoms with E-state index in [4.69, 9.17) is 53.8 Å². The van der Waals surface area contributed by atoms with Gasteiger partial charge < -0.3 is 24.1 Å². The lowest BCUT2D eigenvalue weighted by molar-refractivity contribution is -0.118. The Balaban J connectivity index is 0.000000165. The van der Waals surface area contributed by atoms with Gasteiger partial charge in [-0.25, -0.2) is 34.8 Å². The van der Waals surface area contributed by atoms with Gasteiger partial charge in [0.2, 0.25) is 0 Å². The fourth-order valence-corrected chi connectivity index (χ4v) is 23.5. The molecule has 131 heavy (non-hydrogen) atoms. The van der Waals surface area contributed by atoms with E-state index in [0.717, 1.165) is 93.9 Å². The molecule has 25 heteroatoms. The molecule has 18 nitrogen and oxygen atoms in total. The molecule has 9 aromatic rings. The van der Waals surface area contributed by atoms with Crippen molar-refractivity contribution in [2.24, 2.45) is 29.6 Å². The first-order valence-corrected chi connectivity index (χ1v) is 52.1. The summed E-state index contributed by atoms with van der Waals surface area (Å²) in [6.45, 7) is 20.0. The van der Waals surface area contributed by atoms with Crippen molar-refractivity contribution in [3.63, 3.8) is 0 Å². The quantitative estimate of drug-likeness (QED) is 0.0391. The maximum absolute atomic E-state index is 13.9. The van der Waals surface area contributed by atoms with Crippen molar-refractivity contribution in [1.29, 1.82) is 0 Å². The van der Waals surface area contributed by atoms with E-state index < -0.39 is 65.4 Å². The van der Waals surface area contributed by atoms with E-state index in [0.29, 0.717) is 147 Å². The summed E-state index contributed by atoms with van der Waals surface area (Å²) in [6, 6.07) is 65.0. The predicted octanol–water partition coefficient (Wildman–Crippen LogP) is 23.5. The summed E-state index contributed by atoms with van der Waals surface area (Å²) < 4.78 is 107. The largest absolute Gasteiger partial charge is 0.512 e. The number of alkyl halides is 1. The number of rotatable bonds is 26. The summed E-state index contributed by atoms with van der Waals surface area (Å²) in [4.78, 5) is 65.4. The molecular formula is C106H118Cl3IN2O16S3. The minimum absolute atomic E-state index is 0.0181. The van der Waals surface area contributed by atoms with E-state index in [9.17, 15) is 54.3 Å². The number of sulfonamides is 2. The van der Waals surface area contributed by atoms with Crippen molar-refractivity contribution in [2.75, 3.05) is 19.0 Å². The molecule has 0 bridgehead atoms. The zero-order valence-electron chi connectivity index (χ0n) is 76.1.